The molecule has 0 aliphatic carbocycles. The number of ketones is 1. The van der Waals surface area contributed by atoms with Crippen LogP contribution in [0.3, 0.4) is 0 Å². The molecule has 2 N–H and O–H groups in total. The van der Waals surface area contributed by atoms with Crippen LogP contribution in [0.1, 0.15) is 28.4 Å². The van der Waals surface area contributed by atoms with Gasteiger partial charge in [-0.05, 0) is 44.0 Å². The van der Waals surface area contributed by atoms with Crippen molar-refractivity contribution in [3.8, 4) is 0 Å². The van der Waals surface area contributed by atoms with E-state index in [9.17, 15) is 19.7 Å². The van der Waals surface area contributed by atoms with E-state index in [-0.39, 0.29) is 35.2 Å². The summed E-state index contributed by atoms with van der Waals surface area (Å²) in [5.74, 6) is -0.579. The van der Waals surface area contributed by atoms with Crippen molar-refractivity contribution in [2.75, 3.05) is 17.2 Å². The molecule has 0 spiro atoms. The fourth-order valence-electron chi connectivity index (χ4n) is 2.42. The number of anilines is 2. The summed E-state index contributed by atoms with van der Waals surface area (Å²) in [6.45, 7) is 4.99. The van der Waals surface area contributed by atoms with Gasteiger partial charge < -0.3 is 10.6 Å². The van der Waals surface area contributed by atoms with E-state index in [0.29, 0.717) is 0 Å². The van der Waals surface area contributed by atoms with Gasteiger partial charge in [0.15, 0.2) is 5.78 Å². The highest BCUT2D eigenvalue weighted by Crippen LogP contribution is 2.26. The van der Waals surface area contributed by atoms with Crippen LogP contribution in [0.4, 0.5) is 17.1 Å². The number of nitrogens with one attached hydrogen (secondary N) is 2. The molecule has 130 valence electrons. The Bertz CT molecular complexity index is 826. The quantitative estimate of drug-likeness (QED) is 0.476. The third-order valence-electron chi connectivity index (χ3n) is 3.79. The molecule has 0 bridgehead atoms. The number of nitro benzene ring substituents is 1. The largest absolute Gasteiger partial charge is 0.371 e. The zero-order chi connectivity index (χ0) is 18.6. The predicted octanol–water partition coefficient (Wildman–Crippen LogP) is 3.46. The van der Waals surface area contributed by atoms with Crippen molar-refractivity contribution < 1.29 is 14.5 Å². The highest BCUT2D eigenvalue weighted by Gasteiger charge is 2.17. The summed E-state index contributed by atoms with van der Waals surface area (Å²) < 4.78 is 0. The Morgan fingerprint density at radius 2 is 1.76 bits per heavy atom. The van der Waals surface area contributed by atoms with E-state index < -0.39 is 4.92 Å². The van der Waals surface area contributed by atoms with E-state index in [1.165, 1.54) is 25.1 Å². The lowest BCUT2D eigenvalue weighted by Crippen LogP contribution is -2.23. The maximum absolute atomic E-state index is 12.1. The van der Waals surface area contributed by atoms with E-state index in [4.69, 9.17) is 0 Å². The number of Topliss-reactive ketones (excluding diaryl/α,β-unsaturated/α-hetero) is 1. The second-order valence-electron chi connectivity index (χ2n) is 5.71. The predicted molar refractivity (Wildman–Crippen MR) is 96.1 cm³/mol. The Balaban J connectivity index is 2.12. The Morgan fingerprint density at radius 3 is 2.32 bits per heavy atom. The summed E-state index contributed by atoms with van der Waals surface area (Å²) in [6.07, 6.45) is 0. The molecule has 0 radical (unpaired) electrons. The molecule has 0 heterocycles. The van der Waals surface area contributed by atoms with Crippen LogP contribution in [0.25, 0.3) is 0 Å². The van der Waals surface area contributed by atoms with Crippen LogP contribution in [0.2, 0.25) is 0 Å². The molecule has 0 unspecified atom stereocenters. The first-order valence-corrected chi connectivity index (χ1v) is 7.69. The maximum Gasteiger partial charge on any atom is 0.293 e. The van der Waals surface area contributed by atoms with E-state index in [0.717, 1.165) is 16.8 Å². The number of para-hydroxylation sites is 1. The lowest BCUT2D eigenvalue weighted by atomic mass is 10.1. The van der Waals surface area contributed by atoms with Crippen LogP contribution in [0, 0.1) is 24.0 Å². The summed E-state index contributed by atoms with van der Waals surface area (Å²) in [5, 5.41) is 16.7. The standard InChI is InChI=1S/C18H19N3O4/c1-11-5-4-6-12(2)18(11)20-17(23)10-19-15-8-7-14(13(3)22)9-16(15)21(24)25/h4-9,19H,10H2,1-3H3,(H,20,23). The van der Waals surface area contributed by atoms with Crippen molar-refractivity contribution in [3.63, 3.8) is 0 Å². The van der Waals surface area contributed by atoms with E-state index >= 15 is 0 Å². The van der Waals surface area contributed by atoms with Crippen LogP contribution in [-0.4, -0.2) is 23.2 Å². The first-order valence-electron chi connectivity index (χ1n) is 7.69. The number of aryl methyl sites for hydroxylation is 2. The number of carbonyl (C=O) groups excluding carboxylic acids is 2. The SMILES string of the molecule is CC(=O)c1ccc(NCC(=O)Nc2c(C)cccc2C)c([N+](=O)[O-])c1. The molecule has 7 heteroatoms. The van der Waals surface area contributed by atoms with Gasteiger partial charge in [-0.2, -0.15) is 0 Å². The molecule has 7 nitrogen and oxygen atoms in total. The van der Waals surface area contributed by atoms with Crippen molar-refractivity contribution >= 4 is 28.8 Å². The molecule has 0 atom stereocenters. The number of hydrogen-bond acceptors (Lipinski definition) is 5. The second-order valence-corrected chi connectivity index (χ2v) is 5.71. The molecule has 2 aromatic carbocycles. The number of rotatable bonds is 6. The van der Waals surface area contributed by atoms with Gasteiger partial charge in [-0.15, -0.1) is 0 Å². The molecule has 0 aromatic heterocycles. The summed E-state index contributed by atoms with van der Waals surface area (Å²) in [7, 11) is 0. The Hall–Kier alpha value is -3.22. The minimum absolute atomic E-state index is 0.131. The van der Waals surface area contributed by atoms with Crippen molar-refractivity contribution in [2.45, 2.75) is 20.8 Å². The number of nitrogens with zero attached hydrogens (tertiary/aromatic N) is 1. The summed E-state index contributed by atoms with van der Waals surface area (Å²) in [5.41, 5.74) is 2.79. The van der Waals surface area contributed by atoms with Gasteiger partial charge >= 0.3 is 0 Å². The van der Waals surface area contributed by atoms with Gasteiger partial charge in [0.25, 0.3) is 5.69 Å². The zero-order valence-electron chi connectivity index (χ0n) is 14.3. The second kappa shape index (κ2) is 7.57. The van der Waals surface area contributed by atoms with Gasteiger partial charge in [-0.25, -0.2) is 0 Å². The topological polar surface area (TPSA) is 101 Å². The average Bonchev–Trinajstić information content (AvgIpc) is 2.56. The fraction of sp³-hybridized carbons (Fsp3) is 0.222. The zero-order valence-corrected chi connectivity index (χ0v) is 14.3. The molecular weight excluding hydrogens is 322 g/mol. The molecule has 0 fully saturated rings. The van der Waals surface area contributed by atoms with Gasteiger partial charge in [-0.3, -0.25) is 19.7 Å². The van der Waals surface area contributed by atoms with Crippen LogP contribution in [-0.2, 0) is 4.79 Å². The van der Waals surface area contributed by atoms with Gasteiger partial charge in [0.1, 0.15) is 5.69 Å². The van der Waals surface area contributed by atoms with Crippen molar-refractivity contribution in [2.24, 2.45) is 0 Å². The molecule has 0 saturated heterocycles. The summed E-state index contributed by atoms with van der Waals surface area (Å²) in [4.78, 5) is 34.1. The van der Waals surface area contributed by atoms with Gasteiger partial charge in [0, 0.05) is 17.3 Å². The molecule has 2 rings (SSSR count). The molecule has 0 aliphatic rings. The normalized spacial score (nSPS) is 10.2. The lowest BCUT2D eigenvalue weighted by Gasteiger charge is -2.12. The van der Waals surface area contributed by atoms with Crippen LogP contribution in [0.5, 0.6) is 0 Å². The highest BCUT2D eigenvalue weighted by molar-refractivity contribution is 5.97. The molecular formula is C18H19N3O4. The van der Waals surface area contributed by atoms with Crippen LogP contribution in [0.15, 0.2) is 36.4 Å². The van der Waals surface area contributed by atoms with Crippen molar-refractivity contribution in [1.82, 2.24) is 0 Å². The minimum atomic E-state index is -0.585. The van der Waals surface area contributed by atoms with Crippen molar-refractivity contribution in [1.29, 1.82) is 0 Å². The molecule has 25 heavy (non-hydrogen) atoms. The lowest BCUT2D eigenvalue weighted by molar-refractivity contribution is -0.384. The molecule has 1 amide bonds. The van der Waals surface area contributed by atoms with E-state index in [1.54, 1.807) is 0 Å². The average molecular weight is 341 g/mol. The van der Waals surface area contributed by atoms with Crippen molar-refractivity contribution in [3.05, 3.63) is 63.2 Å². The molecule has 0 saturated carbocycles. The minimum Gasteiger partial charge on any atom is -0.371 e. The summed E-state index contributed by atoms with van der Waals surface area (Å²) in [6, 6.07) is 9.80. The number of benzene rings is 2. The van der Waals surface area contributed by atoms with E-state index in [2.05, 4.69) is 10.6 Å². The van der Waals surface area contributed by atoms with Crippen LogP contribution >= 0.6 is 0 Å². The summed E-state index contributed by atoms with van der Waals surface area (Å²) >= 11 is 0. The molecule has 2 aromatic rings. The third kappa shape index (κ3) is 4.41. The number of carbonyl (C=O) groups is 2. The first kappa shape index (κ1) is 18.1. The number of hydrogen-bond donors (Lipinski definition) is 2. The van der Waals surface area contributed by atoms with Crippen LogP contribution < -0.4 is 10.6 Å². The van der Waals surface area contributed by atoms with Gasteiger partial charge in [-0.1, -0.05) is 18.2 Å². The number of nitro groups is 1. The number of amides is 1. The molecule has 0 aliphatic heterocycles. The highest BCUT2D eigenvalue weighted by atomic mass is 16.6. The first-order chi connectivity index (χ1) is 11.8. The Kier molecular flexibility index (Phi) is 5.49. The Labute approximate surface area is 145 Å². The Morgan fingerprint density at radius 1 is 1.12 bits per heavy atom. The fourth-order valence-corrected chi connectivity index (χ4v) is 2.42. The smallest absolute Gasteiger partial charge is 0.293 e. The maximum atomic E-state index is 12.1. The third-order valence-corrected chi connectivity index (χ3v) is 3.79. The monoisotopic (exact) mass is 341 g/mol. The van der Waals surface area contributed by atoms with E-state index in [1.807, 2.05) is 32.0 Å². The van der Waals surface area contributed by atoms with Gasteiger partial charge in [0.05, 0.1) is 11.5 Å². The van der Waals surface area contributed by atoms with Gasteiger partial charge in [0.2, 0.25) is 5.91 Å².